The molecule has 0 fully saturated rings. The Hall–Kier alpha value is -11.6. The van der Waals surface area contributed by atoms with E-state index >= 15 is 0 Å². The zero-order valence-corrected chi connectivity index (χ0v) is 69.0. The van der Waals surface area contributed by atoms with Crippen LogP contribution in [0.4, 0.5) is 0 Å². The van der Waals surface area contributed by atoms with Gasteiger partial charge in [0.2, 0.25) is 0 Å². The normalized spacial score (nSPS) is 12.6. The van der Waals surface area contributed by atoms with E-state index in [1.165, 1.54) is 0 Å². The van der Waals surface area contributed by atoms with Crippen LogP contribution in [0.5, 0.6) is 46.0 Å². The zero-order chi connectivity index (χ0) is 82.8. The number of ether oxygens (including phenoxy) is 8. The number of hydrogen-bond acceptors (Lipinski definition) is 19. The average molecular weight is 1540 g/mol. The Labute approximate surface area is 660 Å². The van der Waals surface area contributed by atoms with E-state index < -0.39 is 85.7 Å². The topological polar surface area (TPSA) is 286 Å². The molecule has 22 nitrogen and oxygen atoms in total. The third kappa shape index (κ3) is 19.7. The largest absolute Gasteiger partial charge is 0.426 e. The number of carbonyl (C=O) groups excluding carboxylic acids is 8. The number of carbonyl (C=O) groups is 8. The summed E-state index contributed by atoms with van der Waals surface area (Å²) in [6, 6.07) is 25.9. The van der Waals surface area contributed by atoms with E-state index in [2.05, 4.69) is 19.5 Å². The van der Waals surface area contributed by atoms with Crippen LogP contribution in [0.3, 0.4) is 0 Å². The van der Waals surface area contributed by atoms with Crippen molar-refractivity contribution in [1.29, 1.82) is 0 Å². The van der Waals surface area contributed by atoms with Crippen molar-refractivity contribution in [3.8, 4) is 90.5 Å². The van der Waals surface area contributed by atoms with Crippen molar-refractivity contribution < 1.29 is 76.3 Å². The highest BCUT2D eigenvalue weighted by atomic mass is 16.6. The molecule has 2 aliphatic heterocycles. The quantitative estimate of drug-likeness (QED) is 0.0407. The van der Waals surface area contributed by atoms with Gasteiger partial charge in [-0.1, -0.05) is 43.5 Å². The summed E-state index contributed by atoms with van der Waals surface area (Å²) < 4.78 is 53.8. The molecule has 0 radical (unpaired) electrons. The predicted molar refractivity (Wildman–Crippen MR) is 437 cm³/mol. The van der Waals surface area contributed by atoms with Gasteiger partial charge in [0.1, 0.15) is 51.8 Å². The molecule has 4 aromatic carbocycles. The molecule has 6 heterocycles. The number of esters is 8. The first-order chi connectivity index (χ1) is 52.7. The number of aryl methyl sites for hydroxylation is 2. The summed E-state index contributed by atoms with van der Waals surface area (Å²) in [6.45, 7) is 38.5. The SMILES string of the molecule is Cc1nccn1CCCCCCCC(=O)Oc1cccc(OC(=O)C(C)(C)C)c1-c1c2nc(c(-c3c(OC(=O)C(C)(C)C)cccc3OC(=O)C(C)(C)C)c3ccc([nH]3)c(-c3c(OC(=O)C(C)(C)C)cccc3OC(=O)C(C)(C)C)c3nc(c(-c4c(OC(=O)C(C)(C)C)cccc4OC(=O)C(C)(C)C)c4ccc1[nH]4)C=C3)C=C2. The molecule has 0 amide bonds. The van der Waals surface area contributed by atoms with Gasteiger partial charge in [-0.3, -0.25) is 38.4 Å². The van der Waals surface area contributed by atoms with Crippen LogP contribution in [-0.4, -0.2) is 77.2 Å². The number of rotatable bonds is 20. The maximum Gasteiger partial charge on any atom is 0.316 e. The van der Waals surface area contributed by atoms with Gasteiger partial charge in [0.15, 0.2) is 0 Å². The second-order valence-corrected chi connectivity index (χ2v) is 35.7. The van der Waals surface area contributed by atoms with Crippen LogP contribution in [0.25, 0.3) is 90.9 Å². The molecule has 0 saturated carbocycles. The molecule has 2 aliphatic rings. The van der Waals surface area contributed by atoms with Crippen molar-refractivity contribution in [2.45, 2.75) is 197 Å². The number of fused-ring (bicyclic) bond motifs is 8. The molecule has 22 heteroatoms. The van der Waals surface area contributed by atoms with Crippen LogP contribution in [0.15, 0.2) is 109 Å². The monoisotopic (exact) mass is 1540 g/mol. The Kier molecular flexibility index (Phi) is 24.2. The second-order valence-electron chi connectivity index (χ2n) is 35.7. The molecule has 8 aromatic rings. The van der Waals surface area contributed by atoms with E-state index in [9.17, 15) is 38.4 Å². The molecule has 0 atom stereocenters. The molecule has 0 saturated heterocycles. The number of aromatic nitrogens is 6. The Morgan fingerprint density at radius 2 is 0.540 bits per heavy atom. The smallest absolute Gasteiger partial charge is 0.316 e. The van der Waals surface area contributed by atoms with E-state index in [-0.39, 0.29) is 142 Å². The molecule has 10 rings (SSSR count). The molecule has 0 unspecified atom stereocenters. The lowest BCUT2D eigenvalue weighted by molar-refractivity contribution is -0.144. The van der Waals surface area contributed by atoms with E-state index in [0.717, 1.165) is 38.1 Å². The summed E-state index contributed by atoms with van der Waals surface area (Å²) >= 11 is 0. The minimum atomic E-state index is -1.09. The summed E-state index contributed by atoms with van der Waals surface area (Å²) in [5.41, 5.74) is -4.94. The maximum absolute atomic E-state index is 14.7. The first-order valence-corrected chi connectivity index (χ1v) is 38.1. The Morgan fingerprint density at radius 1 is 0.310 bits per heavy atom. The van der Waals surface area contributed by atoms with Crippen LogP contribution >= 0.6 is 0 Å². The van der Waals surface area contributed by atoms with Crippen LogP contribution in [0.2, 0.25) is 0 Å². The highest BCUT2D eigenvalue weighted by Crippen LogP contribution is 2.52. The zero-order valence-electron chi connectivity index (χ0n) is 69.0. The number of H-pyrrole nitrogens is 2. The van der Waals surface area contributed by atoms with Gasteiger partial charge in [-0.15, -0.1) is 0 Å². The lowest BCUT2D eigenvalue weighted by Crippen LogP contribution is -2.27. The summed E-state index contributed by atoms with van der Waals surface area (Å²) in [5, 5.41) is 0. The summed E-state index contributed by atoms with van der Waals surface area (Å²) in [5.74, 6) is -4.48. The minimum absolute atomic E-state index is 0.0181. The fourth-order valence-corrected chi connectivity index (χ4v) is 11.6. The first-order valence-electron chi connectivity index (χ1n) is 38.1. The number of unbranched alkanes of at least 4 members (excludes halogenated alkanes) is 4. The highest BCUT2D eigenvalue weighted by molar-refractivity contribution is 6.06. The van der Waals surface area contributed by atoms with Crippen LogP contribution in [0.1, 0.15) is 213 Å². The van der Waals surface area contributed by atoms with Crippen LogP contribution in [0, 0.1) is 44.8 Å². The van der Waals surface area contributed by atoms with Crippen molar-refractivity contribution >= 4 is 94.1 Å². The van der Waals surface area contributed by atoms with Crippen molar-refractivity contribution in [2.24, 2.45) is 37.9 Å². The van der Waals surface area contributed by atoms with Gasteiger partial charge >= 0.3 is 47.8 Å². The number of benzene rings is 4. The van der Waals surface area contributed by atoms with Gasteiger partial charge in [-0.05, 0) is 262 Å². The minimum Gasteiger partial charge on any atom is -0.426 e. The molecule has 0 spiro atoms. The van der Waals surface area contributed by atoms with Gasteiger partial charge in [0.25, 0.3) is 0 Å². The van der Waals surface area contributed by atoms with Crippen molar-refractivity contribution in [3.05, 3.63) is 138 Å². The van der Waals surface area contributed by atoms with Gasteiger partial charge in [-0.2, -0.15) is 0 Å². The summed E-state index contributed by atoms with van der Waals surface area (Å²) in [6.07, 6.45) is 14.5. The second kappa shape index (κ2) is 32.6. The fraction of sp³-hybridized carbons (Fsp3) is 0.396. The Morgan fingerprint density at radius 3 is 0.770 bits per heavy atom. The lowest BCUT2D eigenvalue weighted by atomic mass is 9.96. The first kappa shape index (κ1) is 83.9. The van der Waals surface area contributed by atoms with Crippen LogP contribution in [-0.2, 0) is 44.9 Å². The molecule has 113 heavy (non-hydrogen) atoms. The standard InChI is InChI=1S/C91H104N6O16/c1-52-92-49-51-97(52)50-27-25-23-24-26-40-69(98)106-61-32-28-33-62(107-78(99)85(2,3)4)74(61)70-53-41-43-55(93-53)71(75-63(108-79(100)86(5,6)7)34-29-35-64(75)109-80(101)87(8,9)10)57-45-47-59(95-57)73(77-67(112-83(104)90(17,18)19)38-31-39-68(77)113-84(105)91(20,21)22)60-48-46-58(96-60)72(56-44-42-54(70)94-56)76-65(110-81(102)88(11,12)13)36-30-37-66(76)111-82(103)89(14,15)16/h28-39,41-49,51,93,96H,23-27,40,50H2,1-22H3. The molecular formula is C91H104N6O16. The third-order valence-electron chi connectivity index (χ3n) is 18.3. The molecule has 2 N–H and O–H groups in total. The van der Waals surface area contributed by atoms with Crippen molar-refractivity contribution in [2.75, 3.05) is 0 Å². The lowest BCUT2D eigenvalue weighted by Gasteiger charge is -2.22. The number of aromatic amines is 2. The molecule has 4 aromatic heterocycles. The van der Waals surface area contributed by atoms with E-state index in [1.54, 1.807) is 273 Å². The Balaban J connectivity index is 1.43. The number of nitrogens with one attached hydrogen (secondary N) is 2. The van der Waals surface area contributed by atoms with E-state index in [1.807, 2.05) is 13.1 Å². The van der Waals surface area contributed by atoms with Gasteiger partial charge in [0.05, 0.1) is 82.9 Å². The number of imidazole rings is 1. The molecule has 594 valence electrons. The summed E-state index contributed by atoms with van der Waals surface area (Å²) in [7, 11) is 0. The van der Waals surface area contributed by atoms with Crippen molar-refractivity contribution in [1.82, 2.24) is 29.5 Å². The van der Waals surface area contributed by atoms with Gasteiger partial charge in [-0.25, -0.2) is 15.0 Å². The maximum atomic E-state index is 14.7. The number of nitrogens with zero attached hydrogens (tertiary/aromatic N) is 4. The van der Waals surface area contributed by atoms with E-state index in [4.69, 9.17) is 47.9 Å². The predicted octanol–water partition coefficient (Wildman–Crippen LogP) is 20.4. The molecule has 8 bridgehead atoms. The van der Waals surface area contributed by atoms with Gasteiger partial charge in [0, 0.05) is 69.7 Å². The molecule has 0 aliphatic carbocycles. The van der Waals surface area contributed by atoms with Gasteiger partial charge < -0.3 is 52.4 Å². The highest BCUT2D eigenvalue weighted by Gasteiger charge is 2.37. The third-order valence-corrected chi connectivity index (χ3v) is 18.3. The number of hydrogen-bond donors (Lipinski definition) is 2. The average Bonchev–Trinajstić information content (AvgIpc) is 1.59. The Bertz CT molecular complexity index is 5080. The summed E-state index contributed by atoms with van der Waals surface area (Å²) in [4.78, 5) is 139. The van der Waals surface area contributed by atoms with Crippen LogP contribution < -0.4 is 37.9 Å². The van der Waals surface area contributed by atoms with Crippen molar-refractivity contribution in [3.63, 3.8) is 0 Å². The molecular weight excluding hydrogens is 1430 g/mol. The fourth-order valence-electron chi connectivity index (χ4n) is 11.6. The van der Waals surface area contributed by atoms with E-state index in [0.29, 0.717) is 6.42 Å².